The lowest BCUT2D eigenvalue weighted by molar-refractivity contribution is 0.675. The van der Waals surface area contributed by atoms with E-state index >= 15 is 0 Å². The average Bonchev–Trinajstić information content (AvgIpc) is 2.59. The van der Waals surface area contributed by atoms with Gasteiger partial charge < -0.3 is 5.73 Å². The molecule has 2 aromatic heterocycles. The van der Waals surface area contributed by atoms with Crippen molar-refractivity contribution in [3.05, 3.63) is 27.3 Å². The van der Waals surface area contributed by atoms with Crippen LogP contribution >= 0.6 is 11.3 Å². The first kappa shape index (κ1) is 10.2. The molecule has 0 radical (unpaired) electrons. The molecule has 0 aliphatic carbocycles. The Bertz CT molecular complexity index is 464. The van der Waals surface area contributed by atoms with Crippen molar-refractivity contribution in [2.24, 2.45) is 0 Å². The number of nitrogens with two attached hydrogens (primary N) is 1. The zero-order valence-electron chi connectivity index (χ0n) is 9.11. The molecule has 2 heterocycles. The van der Waals surface area contributed by atoms with Crippen LogP contribution in [0.4, 0.5) is 5.82 Å². The molecule has 2 rings (SSSR count). The molecule has 0 spiro atoms. The summed E-state index contributed by atoms with van der Waals surface area (Å²) in [6.45, 7) is 6.76. The van der Waals surface area contributed by atoms with Crippen LogP contribution in [0.15, 0.2) is 6.20 Å². The monoisotopic (exact) mass is 222 g/mol. The maximum Gasteiger partial charge on any atom is 0.148 e. The summed E-state index contributed by atoms with van der Waals surface area (Å²) in [5.41, 5.74) is 7.78. The summed E-state index contributed by atoms with van der Waals surface area (Å²) in [4.78, 5) is 5.71. The molecule has 0 aromatic carbocycles. The number of aryl methyl sites for hydroxylation is 3. The Morgan fingerprint density at radius 1 is 1.40 bits per heavy atom. The number of aromatic nitrogens is 3. The molecule has 0 atom stereocenters. The van der Waals surface area contributed by atoms with Gasteiger partial charge in [0, 0.05) is 16.6 Å². The van der Waals surface area contributed by atoms with Crippen molar-refractivity contribution >= 4 is 17.2 Å². The molecule has 0 unspecified atom stereocenters. The Morgan fingerprint density at radius 3 is 2.60 bits per heavy atom. The molecule has 4 nitrogen and oxygen atoms in total. The summed E-state index contributed by atoms with van der Waals surface area (Å²) >= 11 is 1.72. The number of hydrogen-bond donors (Lipinski definition) is 1. The molecule has 0 saturated heterocycles. The maximum absolute atomic E-state index is 5.69. The maximum atomic E-state index is 5.69. The topological polar surface area (TPSA) is 56.7 Å². The molecule has 2 N–H and O–H groups in total. The minimum Gasteiger partial charge on any atom is -0.382 e. The van der Waals surface area contributed by atoms with Gasteiger partial charge in [0.15, 0.2) is 0 Å². The van der Waals surface area contributed by atoms with E-state index in [4.69, 9.17) is 5.73 Å². The van der Waals surface area contributed by atoms with Crippen LogP contribution in [0, 0.1) is 20.8 Å². The molecule has 0 saturated carbocycles. The van der Waals surface area contributed by atoms with E-state index in [1.807, 2.05) is 24.7 Å². The molecule has 0 fully saturated rings. The van der Waals surface area contributed by atoms with Crippen LogP contribution in [0.25, 0.3) is 0 Å². The van der Waals surface area contributed by atoms with Gasteiger partial charge in [-0.3, -0.25) is 4.68 Å². The van der Waals surface area contributed by atoms with Crippen molar-refractivity contribution < 1.29 is 0 Å². The first-order valence-corrected chi connectivity index (χ1v) is 5.60. The lowest BCUT2D eigenvalue weighted by atomic mass is 10.3. The first-order valence-electron chi connectivity index (χ1n) is 4.78. The number of thiazole rings is 1. The van der Waals surface area contributed by atoms with Gasteiger partial charge in [-0.05, 0) is 20.8 Å². The second kappa shape index (κ2) is 3.66. The molecule has 2 aromatic rings. The molecule has 0 bridgehead atoms. The van der Waals surface area contributed by atoms with Gasteiger partial charge in [-0.2, -0.15) is 5.10 Å². The highest BCUT2D eigenvalue weighted by Crippen LogP contribution is 2.18. The number of hydrogen-bond acceptors (Lipinski definition) is 4. The van der Waals surface area contributed by atoms with Crippen molar-refractivity contribution in [2.45, 2.75) is 27.3 Å². The fourth-order valence-electron chi connectivity index (χ4n) is 1.49. The summed E-state index contributed by atoms with van der Waals surface area (Å²) in [7, 11) is 0. The minimum absolute atomic E-state index is 0.597. The van der Waals surface area contributed by atoms with Crippen LogP contribution in [0.3, 0.4) is 0 Å². The molecule has 0 aliphatic rings. The second-order valence-corrected chi connectivity index (χ2v) is 5.04. The van der Waals surface area contributed by atoms with Gasteiger partial charge in [-0.25, -0.2) is 4.98 Å². The van der Waals surface area contributed by atoms with E-state index in [1.54, 1.807) is 11.3 Å². The fourth-order valence-corrected chi connectivity index (χ4v) is 2.32. The van der Waals surface area contributed by atoms with Gasteiger partial charge in [-0.15, -0.1) is 11.3 Å². The van der Waals surface area contributed by atoms with Crippen molar-refractivity contribution in [1.82, 2.24) is 14.8 Å². The highest BCUT2D eigenvalue weighted by atomic mass is 32.1. The van der Waals surface area contributed by atoms with Crippen molar-refractivity contribution in [1.29, 1.82) is 0 Å². The van der Waals surface area contributed by atoms with Gasteiger partial charge in [0.2, 0.25) is 0 Å². The lowest BCUT2D eigenvalue weighted by Gasteiger charge is -1.98. The third kappa shape index (κ3) is 2.02. The number of nitrogens with zero attached hydrogens (tertiary/aromatic N) is 3. The molecule has 80 valence electrons. The summed E-state index contributed by atoms with van der Waals surface area (Å²) in [5.74, 6) is 0.597. The smallest absolute Gasteiger partial charge is 0.148 e. The van der Waals surface area contributed by atoms with E-state index in [1.165, 1.54) is 4.88 Å². The lowest BCUT2D eigenvalue weighted by Crippen LogP contribution is -2.02. The molecular weight excluding hydrogens is 208 g/mol. The number of rotatable bonds is 2. The highest BCUT2D eigenvalue weighted by Gasteiger charge is 2.07. The zero-order chi connectivity index (χ0) is 11.0. The van der Waals surface area contributed by atoms with Crippen LogP contribution in [0.1, 0.15) is 21.1 Å². The Balaban J connectivity index is 2.25. The van der Waals surface area contributed by atoms with Crippen LogP contribution in [0.5, 0.6) is 0 Å². The van der Waals surface area contributed by atoms with E-state index in [-0.39, 0.29) is 0 Å². The Morgan fingerprint density at radius 2 is 2.13 bits per heavy atom. The van der Waals surface area contributed by atoms with Gasteiger partial charge >= 0.3 is 0 Å². The summed E-state index contributed by atoms with van der Waals surface area (Å²) in [6, 6.07) is 0. The second-order valence-electron chi connectivity index (χ2n) is 3.63. The van der Waals surface area contributed by atoms with Gasteiger partial charge in [0.25, 0.3) is 0 Å². The largest absolute Gasteiger partial charge is 0.382 e. The van der Waals surface area contributed by atoms with E-state index in [0.717, 1.165) is 16.3 Å². The Hall–Kier alpha value is -1.36. The predicted molar refractivity (Wildman–Crippen MR) is 62.1 cm³/mol. The quantitative estimate of drug-likeness (QED) is 0.844. The molecule has 15 heavy (non-hydrogen) atoms. The van der Waals surface area contributed by atoms with E-state index < -0.39 is 0 Å². The van der Waals surface area contributed by atoms with Crippen LogP contribution in [-0.2, 0) is 6.54 Å². The average molecular weight is 222 g/mol. The fraction of sp³-hybridized carbons (Fsp3) is 0.400. The summed E-state index contributed by atoms with van der Waals surface area (Å²) < 4.78 is 1.84. The summed E-state index contributed by atoms with van der Waals surface area (Å²) in [5, 5.41) is 5.31. The van der Waals surface area contributed by atoms with Crippen LogP contribution in [0.2, 0.25) is 0 Å². The standard InChI is InChI=1S/C10H14N4S/c1-6-4-14(13-10(6)11)5-9-7(2)15-8(3)12-9/h4H,5H2,1-3H3,(H2,11,13). The van der Waals surface area contributed by atoms with Gasteiger partial charge in [0.1, 0.15) is 5.82 Å². The predicted octanol–water partition coefficient (Wildman–Crippen LogP) is 1.90. The third-order valence-electron chi connectivity index (χ3n) is 2.29. The van der Waals surface area contributed by atoms with Gasteiger partial charge in [0.05, 0.1) is 17.2 Å². The Labute approximate surface area is 92.8 Å². The number of anilines is 1. The SMILES string of the molecule is Cc1nc(Cn2cc(C)c(N)n2)c(C)s1. The summed E-state index contributed by atoms with van der Waals surface area (Å²) in [6.07, 6.45) is 1.95. The zero-order valence-corrected chi connectivity index (χ0v) is 9.93. The van der Waals surface area contributed by atoms with Crippen LogP contribution in [-0.4, -0.2) is 14.8 Å². The molecule has 0 aliphatic heterocycles. The molecular formula is C10H14N4S. The normalized spacial score (nSPS) is 10.9. The van der Waals surface area contributed by atoms with Gasteiger partial charge in [-0.1, -0.05) is 0 Å². The Kier molecular flexibility index (Phi) is 2.48. The third-order valence-corrected chi connectivity index (χ3v) is 3.22. The first-order chi connectivity index (χ1) is 7.06. The van der Waals surface area contributed by atoms with Crippen molar-refractivity contribution in [3.63, 3.8) is 0 Å². The van der Waals surface area contributed by atoms with Crippen LogP contribution < -0.4 is 5.73 Å². The number of nitrogen functional groups attached to an aromatic ring is 1. The minimum atomic E-state index is 0.597. The van der Waals surface area contributed by atoms with E-state index in [9.17, 15) is 0 Å². The molecule has 0 amide bonds. The van der Waals surface area contributed by atoms with Crippen molar-refractivity contribution in [3.8, 4) is 0 Å². The van der Waals surface area contributed by atoms with Crippen molar-refractivity contribution in [2.75, 3.05) is 5.73 Å². The van der Waals surface area contributed by atoms with E-state index in [2.05, 4.69) is 17.0 Å². The molecule has 5 heteroatoms. The highest BCUT2D eigenvalue weighted by molar-refractivity contribution is 7.11. The van der Waals surface area contributed by atoms with E-state index in [0.29, 0.717) is 12.4 Å².